The number of rotatable bonds is 11. The lowest BCUT2D eigenvalue weighted by Gasteiger charge is -2.28. The summed E-state index contributed by atoms with van der Waals surface area (Å²) in [5.74, 6) is 0.838. The van der Waals surface area contributed by atoms with Crippen LogP contribution in [-0.2, 0) is 26.6 Å². The summed E-state index contributed by atoms with van der Waals surface area (Å²) in [6.45, 7) is 2.02. The van der Waals surface area contributed by atoms with Crippen LogP contribution in [0.25, 0.3) is 0 Å². The minimum Gasteiger partial charge on any atom is -0.377 e. The number of hydrogen-bond donors (Lipinski definition) is 2. The standard InChI is InChI=1S/2C6H16O3SSi/c1-7-11(8-2,9-3)6-4-5-10;1-5-6(10)11(7-2,8-3)9-4/h10H,4-6H2,1-3H3;6,10H,5H2,1-4H3. The first-order chi connectivity index (χ1) is 10.4. The molecule has 0 aromatic carbocycles. The summed E-state index contributed by atoms with van der Waals surface area (Å²) in [6, 6.07) is 0.833. The molecular weight excluding hydrogens is 360 g/mol. The molecule has 1 atom stereocenters. The lowest BCUT2D eigenvalue weighted by atomic mass is 10.6. The molecule has 0 saturated carbocycles. The predicted octanol–water partition coefficient (Wildman–Crippen LogP) is 2.30. The third kappa shape index (κ3) is 8.13. The van der Waals surface area contributed by atoms with E-state index in [1.165, 1.54) is 0 Å². The molecule has 136 valence electrons. The minimum atomic E-state index is -2.46. The fourth-order valence-electron chi connectivity index (χ4n) is 1.76. The molecule has 0 radical (unpaired) electrons. The molecule has 0 bridgehead atoms. The molecule has 0 aromatic heterocycles. The largest absolute Gasteiger partial charge is 0.513 e. The molecule has 1 unspecified atom stereocenters. The molecule has 0 aliphatic carbocycles. The summed E-state index contributed by atoms with van der Waals surface area (Å²) >= 11 is 8.44. The Labute approximate surface area is 148 Å². The van der Waals surface area contributed by atoms with Crippen LogP contribution in [-0.4, -0.2) is 70.9 Å². The van der Waals surface area contributed by atoms with Gasteiger partial charge in [0.25, 0.3) is 0 Å². The van der Waals surface area contributed by atoms with Crippen molar-refractivity contribution in [2.45, 2.75) is 30.7 Å². The first-order valence-corrected chi connectivity index (χ1v) is 11.9. The van der Waals surface area contributed by atoms with Crippen molar-refractivity contribution >= 4 is 42.9 Å². The van der Waals surface area contributed by atoms with Crippen molar-refractivity contribution in [3.63, 3.8) is 0 Å². The monoisotopic (exact) mass is 392 g/mol. The second-order valence-electron chi connectivity index (χ2n) is 4.26. The van der Waals surface area contributed by atoms with Gasteiger partial charge in [0.2, 0.25) is 0 Å². The Hall–Kier alpha value is 0.894. The summed E-state index contributed by atoms with van der Waals surface area (Å²) in [5, 5.41) is 0. The Morgan fingerprint density at radius 2 is 1.23 bits per heavy atom. The van der Waals surface area contributed by atoms with Crippen molar-refractivity contribution in [2.24, 2.45) is 0 Å². The zero-order chi connectivity index (χ0) is 17.6. The first kappa shape index (κ1) is 25.1. The number of hydrogen-bond acceptors (Lipinski definition) is 8. The van der Waals surface area contributed by atoms with Crippen LogP contribution in [0.5, 0.6) is 0 Å². The van der Waals surface area contributed by atoms with Gasteiger partial charge < -0.3 is 26.6 Å². The average molecular weight is 393 g/mol. The molecule has 10 heteroatoms. The lowest BCUT2D eigenvalue weighted by molar-refractivity contribution is 0.121. The van der Waals surface area contributed by atoms with Crippen LogP contribution < -0.4 is 0 Å². The van der Waals surface area contributed by atoms with Gasteiger partial charge in [-0.3, -0.25) is 0 Å². The highest BCUT2D eigenvalue weighted by Crippen LogP contribution is 2.19. The molecule has 0 N–H and O–H groups in total. The molecule has 22 heavy (non-hydrogen) atoms. The van der Waals surface area contributed by atoms with Gasteiger partial charge in [0, 0.05) is 48.7 Å². The normalized spacial score (nSPS) is 13.5. The van der Waals surface area contributed by atoms with Gasteiger partial charge in [-0.2, -0.15) is 25.3 Å². The topological polar surface area (TPSA) is 55.4 Å². The maximum absolute atomic E-state index is 5.21. The van der Waals surface area contributed by atoms with E-state index in [0.717, 1.165) is 24.6 Å². The molecule has 0 aliphatic rings. The maximum Gasteiger partial charge on any atom is 0.513 e. The average Bonchev–Trinajstić information content (AvgIpc) is 2.59. The Morgan fingerprint density at radius 1 is 0.818 bits per heavy atom. The molecule has 0 aromatic rings. The molecular formula is C12H32O6S2Si2. The van der Waals surface area contributed by atoms with E-state index in [0.29, 0.717) is 0 Å². The molecule has 0 spiro atoms. The SMILES string of the molecule is CCC(S)[Si](OC)(OC)OC.CO[Si](CCCS)(OC)OC. The predicted molar refractivity (Wildman–Crippen MR) is 99.9 cm³/mol. The van der Waals surface area contributed by atoms with Crippen LogP contribution in [0.4, 0.5) is 0 Å². The highest BCUT2D eigenvalue weighted by atomic mass is 32.1. The third-order valence-electron chi connectivity index (χ3n) is 3.22. The zero-order valence-electron chi connectivity index (χ0n) is 14.7. The second kappa shape index (κ2) is 14.3. The Kier molecular flexibility index (Phi) is 16.3. The van der Waals surface area contributed by atoms with Gasteiger partial charge in [0.1, 0.15) is 0 Å². The van der Waals surface area contributed by atoms with E-state index in [-0.39, 0.29) is 4.87 Å². The molecule has 0 rings (SSSR count). The van der Waals surface area contributed by atoms with Gasteiger partial charge in [-0.15, -0.1) is 0 Å². The zero-order valence-corrected chi connectivity index (χ0v) is 18.5. The van der Waals surface area contributed by atoms with Crippen LogP contribution in [0.2, 0.25) is 6.04 Å². The van der Waals surface area contributed by atoms with Gasteiger partial charge in [-0.05, 0) is 18.6 Å². The summed E-state index contributed by atoms with van der Waals surface area (Å²) in [7, 11) is 4.91. The van der Waals surface area contributed by atoms with Gasteiger partial charge in [0.05, 0.1) is 4.87 Å². The quantitative estimate of drug-likeness (QED) is 0.416. The fraction of sp³-hybridized carbons (Fsp3) is 1.00. The van der Waals surface area contributed by atoms with Crippen LogP contribution in [0.15, 0.2) is 0 Å². The van der Waals surface area contributed by atoms with Gasteiger partial charge in [-0.1, -0.05) is 6.92 Å². The van der Waals surface area contributed by atoms with Crippen molar-refractivity contribution < 1.29 is 26.6 Å². The van der Waals surface area contributed by atoms with Crippen molar-refractivity contribution in [3.8, 4) is 0 Å². The molecule has 0 aliphatic heterocycles. The lowest BCUT2D eigenvalue weighted by Crippen LogP contribution is -2.51. The Bertz CT molecular complexity index is 239. The minimum absolute atomic E-state index is 0.0579. The van der Waals surface area contributed by atoms with E-state index < -0.39 is 17.6 Å². The van der Waals surface area contributed by atoms with E-state index in [1.807, 2.05) is 6.92 Å². The summed E-state index contributed by atoms with van der Waals surface area (Å²) < 4.78 is 31.2. The highest BCUT2D eigenvalue weighted by molar-refractivity contribution is 7.83. The van der Waals surface area contributed by atoms with Gasteiger partial charge in [0.15, 0.2) is 0 Å². The smallest absolute Gasteiger partial charge is 0.377 e. The van der Waals surface area contributed by atoms with E-state index in [9.17, 15) is 0 Å². The van der Waals surface area contributed by atoms with E-state index >= 15 is 0 Å². The summed E-state index contributed by atoms with van der Waals surface area (Å²) in [5.41, 5.74) is 0. The molecule has 0 fully saturated rings. The van der Waals surface area contributed by atoms with Crippen LogP contribution in [0.1, 0.15) is 19.8 Å². The van der Waals surface area contributed by atoms with Crippen LogP contribution in [0.3, 0.4) is 0 Å². The Morgan fingerprint density at radius 3 is 1.41 bits per heavy atom. The van der Waals surface area contributed by atoms with Crippen molar-refractivity contribution in [1.82, 2.24) is 0 Å². The fourth-order valence-corrected chi connectivity index (χ4v) is 6.70. The van der Waals surface area contributed by atoms with Gasteiger partial charge in [-0.25, -0.2) is 0 Å². The first-order valence-electron chi connectivity index (χ1n) is 7.01. The second-order valence-corrected chi connectivity index (χ2v) is 12.0. The molecule has 0 heterocycles. The summed E-state index contributed by atoms with van der Waals surface area (Å²) in [4.78, 5) is 0.0579. The van der Waals surface area contributed by atoms with Gasteiger partial charge >= 0.3 is 17.6 Å². The molecule has 0 saturated heterocycles. The van der Waals surface area contributed by atoms with Crippen molar-refractivity contribution in [1.29, 1.82) is 0 Å². The van der Waals surface area contributed by atoms with Crippen molar-refractivity contribution in [3.05, 3.63) is 0 Å². The molecule has 0 amide bonds. The Balaban J connectivity index is 0. The van der Waals surface area contributed by atoms with E-state index in [2.05, 4.69) is 25.3 Å². The van der Waals surface area contributed by atoms with Crippen LogP contribution in [0, 0.1) is 0 Å². The van der Waals surface area contributed by atoms with E-state index in [1.54, 1.807) is 42.7 Å². The van der Waals surface area contributed by atoms with Crippen molar-refractivity contribution in [2.75, 3.05) is 48.4 Å². The highest BCUT2D eigenvalue weighted by Gasteiger charge is 2.44. The summed E-state index contributed by atoms with van der Waals surface area (Å²) in [6.07, 6.45) is 1.84. The maximum atomic E-state index is 5.21. The third-order valence-corrected chi connectivity index (χ3v) is 10.6. The number of thiol groups is 2. The van der Waals surface area contributed by atoms with E-state index in [4.69, 9.17) is 26.6 Å². The van der Waals surface area contributed by atoms with Crippen LogP contribution >= 0.6 is 25.3 Å². The molecule has 6 nitrogen and oxygen atoms in total.